The SMILES string of the molecule is Cc1cc(Br)ccc1NC(=O)CN(C)C(=O)C[C@H]1Sc2ccccc2NC1=O. The Hall–Kier alpha value is -2.32. The molecule has 0 saturated carbocycles. The van der Waals surface area contributed by atoms with Crippen LogP contribution in [0.3, 0.4) is 0 Å². The molecule has 28 heavy (non-hydrogen) atoms. The van der Waals surface area contributed by atoms with Gasteiger partial charge in [0.1, 0.15) is 0 Å². The predicted octanol–water partition coefficient (Wildman–Crippen LogP) is 3.66. The molecule has 146 valence electrons. The van der Waals surface area contributed by atoms with Crippen molar-refractivity contribution in [3.8, 4) is 0 Å². The van der Waals surface area contributed by atoms with Crippen LogP contribution in [-0.2, 0) is 14.4 Å². The molecule has 3 rings (SSSR count). The minimum atomic E-state index is -0.512. The van der Waals surface area contributed by atoms with Gasteiger partial charge < -0.3 is 15.5 Å². The third-order valence-electron chi connectivity index (χ3n) is 4.34. The molecule has 0 aliphatic carbocycles. The number of halogens is 1. The number of benzene rings is 2. The number of carbonyl (C=O) groups excluding carboxylic acids is 3. The van der Waals surface area contributed by atoms with Gasteiger partial charge in [-0.2, -0.15) is 0 Å². The number of likely N-dealkylation sites (N-methyl/N-ethyl adjacent to an activating group) is 1. The maximum atomic E-state index is 12.5. The van der Waals surface area contributed by atoms with Crippen molar-refractivity contribution in [3.05, 3.63) is 52.5 Å². The smallest absolute Gasteiger partial charge is 0.243 e. The van der Waals surface area contributed by atoms with E-state index in [4.69, 9.17) is 0 Å². The van der Waals surface area contributed by atoms with Crippen molar-refractivity contribution < 1.29 is 14.4 Å². The van der Waals surface area contributed by atoms with Crippen LogP contribution < -0.4 is 10.6 Å². The number of thioether (sulfide) groups is 1. The molecule has 2 N–H and O–H groups in total. The number of aryl methyl sites for hydroxylation is 1. The van der Waals surface area contributed by atoms with E-state index in [1.807, 2.05) is 43.3 Å². The molecule has 0 radical (unpaired) electrons. The highest BCUT2D eigenvalue weighted by atomic mass is 79.9. The quantitative estimate of drug-likeness (QED) is 0.711. The molecule has 2 aromatic carbocycles. The summed E-state index contributed by atoms with van der Waals surface area (Å²) in [6.45, 7) is 1.82. The van der Waals surface area contributed by atoms with Gasteiger partial charge in [0.2, 0.25) is 17.7 Å². The number of hydrogen-bond acceptors (Lipinski definition) is 4. The van der Waals surface area contributed by atoms with Crippen LogP contribution in [0.5, 0.6) is 0 Å². The topological polar surface area (TPSA) is 78.5 Å². The van der Waals surface area contributed by atoms with E-state index in [1.165, 1.54) is 16.7 Å². The minimum Gasteiger partial charge on any atom is -0.336 e. The highest BCUT2D eigenvalue weighted by Gasteiger charge is 2.30. The van der Waals surface area contributed by atoms with Gasteiger partial charge in [-0.3, -0.25) is 14.4 Å². The Balaban J connectivity index is 1.56. The summed E-state index contributed by atoms with van der Waals surface area (Å²) in [6, 6.07) is 13.0. The first kappa shape index (κ1) is 20.4. The predicted molar refractivity (Wildman–Crippen MR) is 114 cm³/mol. The van der Waals surface area contributed by atoms with Gasteiger partial charge in [-0.05, 0) is 42.8 Å². The summed E-state index contributed by atoms with van der Waals surface area (Å²) in [6.07, 6.45) is 0.0337. The van der Waals surface area contributed by atoms with Crippen LogP contribution in [0.2, 0.25) is 0 Å². The zero-order valence-corrected chi connectivity index (χ0v) is 17.9. The van der Waals surface area contributed by atoms with Crippen molar-refractivity contribution in [3.63, 3.8) is 0 Å². The minimum absolute atomic E-state index is 0.0337. The molecule has 1 atom stereocenters. The molecule has 6 nitrogen and oxygen atoms in total. The zero-order chi connectivity index (χ0) is 20.3. The molecule has 0 saturated heterocycles. The van der Waals surface area contributed by atoms with Gasteiger partial charge in [0.05, 0.1) is 17.5 Å². The van der Waals surface area contributed by atoms with Crippen LogP contribution >= 0.6 is 27.7 Å². The van der Waals surface area contributed by atoms with Crippen LogP contribution in [0.1, 0.15) is 12.0 Å². The summed E-state index contributed by atoms with van der Waals surface area (Å²) in [4.78, 5) is 39.3. The van der Waals surface area contributed by atoms with Gasteiger partial charge in [0, 0.05) is 28.5 Å². The van der Waals surface area contributed by atoms with E-state index in [9.17, 15) is 14.4 Å². The fourth-order valence-electron chi connectivity index (χ4n) is 2.80. The van der Waals surface area contributed by atoms with E-state index in [-0.39, 0.29) is 30.7 Å². The average molecular weight is 462 g/mol. The van der Waals surface area contributed by atoms with Crippen LogP contribution in [0, 0.1) is 6.92 Å². The van der Waals surface area contributed by atoms with Crippen LogP contribution in [0.15, 0.2) is 51.8 Å². The molecule has 0 bridgehead atoms. The molecule has 2 aromatic rings. The Bertz CT molecular complexity index is 935. The fourth-order valence-corrected chi connectivity index (χ4v) is 4.38. The normalized spacial score (nSPS) is 15.4. The van der Waals surface area contributed by atoms with Crippen molar-refractivity contribution in [2.45, 2.75) is 23.5 Å². The molecule has 1 aliphatic rings. The second kappa shape index (κ2) is 8.79. The monoisotopic (exact) mass is 461 g/mol. The zero-order valence-electron chi connectivity index (χ0n) is 15.5. The van der Waals surface area contributed by atoms with Gasteiger partial charge in [0.25, 0.3) is 0 Å². The standard InChI is InChI=1S/C20H20BrN3O3S/c1-12-9-13(21)7-8-14(12)22-18(25)11-24(2)19(26)10-17-20(27)23-15-5-3-4-6-16(15)28-17/h3-9,17H,10-11H2,1-2H3,(H,22,25)(H,23,27)/t17-/m1/s1. The Kier molecular flexibility index (Phi) is 6.41. The van der Waals surface area contributed by atoms with Crippen LogP contribution in [-0.4, -0.2) is 41.5 Å². The highest BCUT2D eigenvalue weighted by Crippen LogP contribution is 2.36. The van der Waals surface area contributed by atoms with Crippen molar-refractivity contribution in [1.29, 1.82) is 0 Å². The fraction of sp³-hybridized carbons (Fsp3) is 0.250. The maximum Gasteiger partial charge on any atom is 0.243 e. The van der Waals surface area contributed by atoms with Crippen molar-refractivity contribution >= 4 is 56.8 Å². The van der Waals surface area contributed by atoms with Gasteiger partial charge in [0.15, 0.2) is 0 Å². The van der Waals surface area contributed by atoms with E-state index in [1.54, 1.807) is 13.1 Å². The average Bonchev–Trinajstić information content (AvgIpc) is 2.64. The summed E-state index contributed by atoms with van der Waals surface area (Å²) in [5, 5.41) is 5.12. The number of nitrogens with one attached hydrogen (secondary N) is 2. The summed E-state index contributed by atoms with van der Waals surface area (Å²) >= 11 is 4.75. The van der Waals surface area contributed by atoms with E-state index < -0.39 is 5.25 Å². The lowest BCUT2D eigenvalue weighted by Gasteiger charge is -2.25. The molecule has 0 unspecified atom stereocenters. The maximum absolute atomic E-state index is 12.5. The summed E-state index contributed by atoms with van der Waals surface area (Å²) in [5.41, 5.74) is 2.39. The van der Waals surface area contributed by atoms with E-state index in [0.29, 0.717) is 5.69 Å². The largest absolute Gasteiger partial charge is 0.336 e. The molecular weight excluding hydrogens is 442 g/mol. The first-order chi connectivity index (χ1) is 13.3. The number of carbonyl (C=O) groups is 3. The van der Waals surface area contributed by atoms with Gasteiger partial charge in [-0.15, -0.1) is 11.8 Å². The molecular formula is C20H20BrN3O3S. The molecule has 1 aliphatic heterocycles. The first-order valence-corrected chi connectivity index (χ1v) is 10.4. The summed E-state index contributed by atoms with van der Waals surface area (Å²) in [7, 11) is 1.57. The third-order valence-corrected chi connectivity index (χ3v) is 6.10. The van der Waals surface area contributed by atoms with Crippen LogP contribution in [0.4, 0.5) is 11.4 Å². The number of nitrogens with zero attached hydrogens (tertiary/aromatic N) is 1. The lowest BCUT2D eigenvalue weighted by atomic mass is 10.2. The van der Waals surface area contributed by atoms with Crippen molar-refractivity contribution in [2.24, 2.45) is 0 Å². The number of hydrogen-bond donors (Lipinski definition) is 2. The van der Waals surface area contributed by atoms with Crippen molar-refractivity contribution in [1.82, 2.24) is 4.90 Å². The van der Waals surface area contributed by atoms with E-state index in [2.05, 4.69) is 26.6 Å². The molecule has 0 fully saturated rings. The second-order valence-electron chi connectivity index (χ2n) is 6.55. The molecule has 0 spiro atoms. The Morgan fingerprint density at radius 1 is 1.25 bits per heavy atom. The third kappa shape index (κ3) is 4.94. The number of anilines is 2. The van der Waals surface area contributed by atoms with E-state index >= 15 is 0 Å². The molecule has 1 heterocycles. The lowest BCUT2D eigenvalue weighted by Crippen LogP contribution is -2.39. The Labute approximate surface area is 176 Å². The number of amides is 3. The van der Waals surface area contributed by atoms with Gasteiger partial charge in [-0.1, -0.05) is 28.1 Å². The second-order valence-corrected chi connectivity index (χ2v) is 8.71. The Morgan fingerprint density at radius 2 is 2.00 bits per heavy atom. The summed E-state index contributed by atoms with van der Waals surface area (Å²) in [5.74, 6) is -0.734. The Morgan fingerprint density at radius 3 is 2.75 bits per heavy atom. The highest BCUT2D eigenvalue weighted by molar-refractivity contribution is 9.10. The lowest BCUT2D eigenvalue weighted by molar-refractivity contribution is -0.134. The number of rotatable bonds is 5. The summed E-state index contributed by atoms with van der Waals surface area (Å²) < 4.78 is 0.931. The van der Waals surface area contributed by atoms with Gasteiger partial charge >= 0.3 is 0 Å². The van der Waals surface area contributed by atoms with Crippen LogP contribution in [0.25, 0.3) is 0 Å². The molecule has 3 amide bonds. The number of para-hydroxylation sites is 1. The first-order valence-electron chi connectivity index (χ1n) is 8.70. The van der Waals surface area contributed by atoms with E-state index in [0.717, 1.165) is 20.6 Å². The molecule has 8 heteroatoms. The van der Waals surface area contributed by atoms with Crippen molar-refractivity contribution in [2.75, 3.05) is 24.2 Å². The number of fused-ring (bicyclic) bond motifs is 1. The van der Waals surface area contributed by atoms with Gasteiger partial charge in [-0.25, -0.2) is 0 Å². The molecule has 0 aromatic heterocycles.